The van der Waals surface area contributed by atoms with Crippen molar-refractivity contribution in [2.24, 2.45) is 0 Å². The molecular formula is C20H21ClN4O2. The van der Waals surface area contributed by atoms with E-state index < -0.39 is 0 Å². The van der Waals surface area contributed by atoms with E-state index in [2.05, 4.69) is 20.9 Å². The fraction of sp³-hybridized carbons (Fsp3) is 0.200. The summed E-state index contributed by atoms with van der Waals surface area (Å²) in [7, 11) is 1.57. The Hall–Kier alpha value is -2.99. The van der Waals surface area contributed by atoms with Gasteiger partial charge in [-0.05, 0) is 42.8 Å². The second kappa shape index (κ2) is 9.09. The first-order valence-electron chi connectivity index (χ1n) is 8.63. The lowest BCUT2D eigenvalue weighted by Crippen LogP contribution is -2.30. The highest BCUT2D eigenvalue weighted by Crippen LogP contribution is 2.24. The van der Waals surface area contributed by atoms with E-state index in [0.29, 0.717) is 23.0 Å². The summed E-state index contributed by atoms with van der Waals surface area (Å²) in [5.41, 5.74) is 2.48. The van der Waals surface area contributed by atoms with Crippen LogP contribution in [0.15, 0.2) is 54.7 Å². The van der Waals surface area contributed by atoms with Crippen LogP contribution in [0.3, 0.4) is 0 Å². The monoisotopic (exact) mass is 384 g/mol. The van der Waals surface area contributed by atoms with Gasteiger partial charge in [0, 0.05) is 35.4 Å². The SMILES string of the molecule is COc1ccccc1NC(=O)NCCCNc1ccnc2cc(Cl)ccc12. The first-order valence-corrected chi connectivity index (χ1v) is 9.01. The van der Waals surface area contributed by atoms with Gasteiger partial charge in [-0.3, -0.25) is 4.98 Å². The molecule has 1 heterocycles. The fourth-order valence-electron chi connectivity index (χ4n) is 2.70. The molecule has 6 nitrogen and oxygen atoms in total. The molecule has 0 bridgehead atoms. The highest BCUT2D eigenvalue weighted by Gasteiger charge is 2.06. The average molecular weight is 385 g/mol. The summed E-state index contributed by atoms with van der Waals surface area (Å²) in [6.07, 6.45) is 2.52. The number of para-hydroxylation sites is 2. The molecule has 3 rings (SSSR count). The number of urea groups is 1. The van der Waals surface area contributed by atoms with E-state index in [0.717, 1.165) is 29.6 Å². The predicted octanol–water partition coefficient (Wildman–Crippen LogP) is 4.52. The van der Waals surface area contributed by atoms with Gasteiger partial charge in [0.05, 0.1) is 18.3 Å². The number of anilines is 2. The zero-order chi connectivity index (χ0) is 19.1. The van der Waals surface area contributed by atoms with Gasteiger partial charge in [-0.2, -0.15) is 0 Å². The van der Waals surface area contributed by atoms with Gasteiger partial charge < -0.3 is 20.7 Å². The quantitative estimate of drug-likeness (QED) is 0.523. The highest BCUT2D eigenvalue weighted by molar-refractivity contribution is 6.31. The maximum absolute atomic E-state index is 12.0. The van der Waals surface area contributed by atoms with E-state index >= 15 is 0 Å². The zero-order valence-corrected chi connectivity index (χ0v) is 15.7. The number of hydrogen-bond donors (Lipinski definition) is 3. The molecule has 1 aromatic heterocycles. The Morgan fingerprint density at radius 3 is 2.81 bits per heavy atom. The van der Waals surface area contributed by atoms with Crippen molar-refractivity contribution in [3.05, 3.63) is 59.8 Å². The van der Waals surface area contributed by atoms with E-state index in [4.69, 9.17) is 16.3 Å². The van der Waals surface area contributed by atoms with Crippen LogP contribution in [0, 0.1) is 0 Å². The minimum Gasteiger partial charge on any atom is -0.495 e. The number of hydrogen-bond acceptors (Lipinski definition) is 4. The number of nitrogens with zero attached hydrogens (tertiary/aromatic N) is 1. The Morgan fingerprint density at radius 2 is 1.96 bits per heavy atom. The molecule has 0 saturated heterocycles. The van der Waals surface area contributed by atoms with Crippen molar-refractivity contribution in [2.75, 3.05) is 30.8 Å². The number of carbonyl (C=O) groups is 1. The minimum absolute atomic E-state index is 0.261. The lowest BCUT2D eigenvalue weighted by Gasteiger charge is -2.12. The lowest BCUT2D eigenvalue weighted by atomic mass is 10.2. The molecule has 0 unspecified atom stereocenters. The average Bonchev–Trinajstić information content (AvgIpc) is 2.68. The van der Waals surface area contributed by atoms with E-state index in [1.165, 1.54) is 0 Å². The summed E-state index contributed by atoms with van der Waals surface area (Å²) in [6, 6.07) is 14.6. The summed E-state index contributed by atoms with van der Waals surface area (Å²) in [5.74, 6) is 0.624. The van der Waals surface area contributed by atoms with Crippen LogP contribution in [0.4, 0.5) is 16.2 Å². The Morgan fingerprint density at radius 1 is 1.11 bits per heavy atom. The van der Waals surface area contributed by atoms with Crippen molar-refractivity contribution >= 4 is 39.9 Å². The van der Waals surface area contributed by atoms with Crippen LogP contribution in [-0.2, 0) is 0 Å². The molecule has 0 aliphatic rings. The number of halogens is 1. The van der Waals surface area contributed by atoms with Crippen molar-refractivity contribution in [3.63, 3.8) is 0 Å². The Labute approximate surface area is 162 Å². The Kier molecular flexibility index (Phi) is 6.33. The van der Waals surface area contributed by atoms with E-state index in [9.17, 15) is 4.79 Å². The van der Waals surface area contributed by atoms with Crippen LogP contribution in [0.2, 0.25) is 5.02 Å². The molecule has 3 N–H and O–H groups in total. The predicted molar refractivity (Wildman–Crippen MR) is 110 cm³/mol. The van der Waals surface area contributed by atoms with Gasteiger partial charge in [0.1, 0.15) is 5.75 Å². The number of ether oxygens (including phenoxy) is 1. The molecule has 3 aromatic rings. The van der Waals surface area contributed by atoms with E-state index in [-0.39, 0.29) is 6.03 Å². The van der Waals surface area contributed by atoms with E-state index in [1.54, 1.807) is 25.4 Å². The topological polar surface area (TPSA) is 75.3 Å². The number of rotatable bonds is 7. The van der Waals surface area contributed by atoms with Gasteiger partial charge in [0.25, 0.3) is 0 Å². The van der Waals surface area contributed by atoms with Gasteiger partial charge >= 0.3 is 6.03 Å². The summed E-state index contributed by atoms with van der Waals surface area (Å²) in [5, 5.41) is 10.7. The number of fused-ring (bicyclic) bond motifs is 1. The number of methoxy groups -OCH3 is 1. The summed E-state index contributed by atoms with van der Waals surface area (Å²) in [6.45, 7) is 1.26. The number of benzene rings is 2. The molecule has 27 heavy (non-hydrogen) atoms. The summed E-state index contributed by atoms with van der Waals surface area (Å²) < 4.78 is 5.21. The zero-order valence-electron chi connectivity index (χ0n) is 15.0. The Balaban J connectivity index is 1.45. The van der Waals surface area contributed by atoms with Crippen molar-refractivity contribution in [1.82, 2.24) is 10.3 Å². The number of carbonyl (C=O) groups excluding carboxylic acids is 1. The molecule has 0 fully saturated rings. The third-order valence-electron chi connectivity index (χ3n) is 4.01. The van der Waals surface area contributed by atoms with Crippen molar-refractivity contribution in [2.45, 2.75) is 6.42 Å². The third-order valence-corrected chi connectivity index (χ3v) is 4.25. The molecule has 0 saturated carbocycles. The molecule has 0 radical (unpaired) electrons. The molecule has 2 aromatic carbocycles. The van der Waals surface area contributed by atoms with Crippen molar-refractivity contribution in [3.8, 4) is 5.75 Å². The molecule has 0 aliphatic heterocycles. The highest BCUT2D eigenvalue weighted by atomic mass is 35.5. The van der Waals surface area contributed by atoms with Crippen molar-refractivity contribution in [1.29, 1.82) is 0 Å². The molecule has 2 amide bonds. The number of aromatic nitrogens is 1. The summed E-state index contributed by atoms with van der Waals surface area (Å²) in [4.78, 5) is 16.3. The first-order chi connectivity index (χ1) is 13.2. The second-order valence-electron chi connectivity index (χ2n) is 5.88. The van der Waals surface area contributed by atoms with Crippen LogP contribution in [0.1, 0.15) is 6.42 Å². The van der Waals surface area contributed by atoms with Gasteiger partial charge in [0.2, 0.25) is 0 Å². The molecule has 140 valence electrons. The van der Waals surface area contributed by atoms with Crippen LogP contribution in [-0.4, -0.2) is 31.2 Å². The lowest BCUT2D eigenvalue weighted by molar-refractivity contribution is 0.252. The normalized spacial score (nSPS) is 10.4. The standard InChI is InChI=1S/C20H21ClN4O2/c1-27-19-6-3-2-5-17(19)25-20(26)24-11-4-10-22-16-9-12-23-18-13-14(21)7-8-15(16)18/h2-3,5-9,12-13H,4,10-11H2,1H3,(H,22,23)(H2,24,25,26). The maximum Gasteiger partial charge on any atom is 0.319 e. The number of nitrogens with one attached hydrogen (secondary N) is 3. The van der Waals surface area contributed by atoms with E-state index in [1.807, 2.05) is 36.4 Å². The fourth-order valence-corrected chi connectivity index (χ4v) is 2.87. The van der Waals surface area contributed by atoms with Crippen molar-refractivity contribution < 1.29 is 9.53 Å². The van der Waals surface area contributed by atoms with Gasteiger partial charge in [0.15, 0.2) is 0 Å². The number of pyridine rings is 1. The molecule has 0 aliphatic carbocycles. The van der Waals surface area contributed by atoms with Crippen LogP contribution in [0.5, 0.6) is 5.75 Å². The maximum atomic E-state index is 12.0. The Bertz CT molecular complexity index is 933. The minimum atomic E-state index is -0.261. The third kappa shape index (κ3) is 5.01. The van der Waals surface area contributed by atoms with Crippen LogP contribution < -0.4 is 20.7 Å². The van der Waals surface area contributed by atoms with Gasteiger partial charge in [-0.1, -0.05) is 23.7 Å². The molecule has 0 spiro atoms. The van der Waals surface area contributed by atoms with Crippen LogP contribution in [0.25, 0.3) is 10.9 Å². The molecule has 7 heteroatoms. The first kappa shape index (κ1) is 18.8. The van der Waals surface area contributed by atoms with Gasteiger partial charge in [-0.25, -0.2) is 4.79 Å². The smallest absolute Gasteiger partial charge is 0.319 e. The summed E-state index contributed by atoms with van der Waals surface area (Å²) >= 11 is 6.01. The van der Waals surface area contributed by atoms with Crippen LogP contribution >= 0.6 is 11.6 Å². The number of amides is 2. The van der Waals surface area contributed by atoms with Gasteiger partial charge in [-0.15, -0.1) is 0 Å². The molecule has 0 atom stereocenters. The molecular weight excluding hydrogens is 364 g/mol. The largest absolute Gasteiger partial charge is 0.495 e. The second-order valence-corrected chi connectivity index (χ2v) is 6.32.